The first-order valence-corrected chi connectivity index (χ1v) is 7.32. The maximum absolute atomic E-state index is 11.4. The van der Waals surface area contributed by atoms with Crippen molar-refractivity contribution in [1.29, 1.82) is 0 Å². The van der Waals surface area contributed by atoms with E-state index in [4.69, 9.17) is 4.42 Å². The van der Waals surface area contributed by atoms with Crippen LogP contribution in [0.25, 0.3) is 10.1 Å². The molecule has 1 aromatic carbocycles. The van der Waals surface area contributed by atoms with Gasteiger partial charge in [-0.15, -0.1) is 11.3 Å². The molecule has 0 aliphatic carbocycles. The standard InChI is InChI=1S/C15H14N2O3S/c1-9-6-17-13(20-9)8-16-7-11-10-4-2-3-5-12(10)21-14(11)15(18)19/h2-6,16H,7-8H2,1H3,(H,18,19). The fourth-order valence-electron chi connectivity index (χ4n) is 2.22. The topological polar surface area (TPSA) is 75.4 Å². The Hall–Kier alpha value is -2.18. The van der Waals surface area contributed by atoms with E-state index in [0.29, 0.717) is 23.9 Å². The van der Waals surface area contributed by atoms with Gasteiger partial charge in [-0.05, 0) is 23.9 Å². The summed E-state index contributed by atoms with van der Waals surface area (Å²) in [6.45, 7) is 2.77. The fraction of sp³-hybridized carbons (Fsp3) is 0.200. The number of carbonyl (C=O) groups is 1. The molecule has 6 heteroatoms. The quantitative estimate of drug-likeness (QED) is 0.757. The van der Waals surface area contributed by atoms with Crippen molar-refractivity contribution in [2.75, 3.05) is 0 Å². The summed E-state index contributed by atoms with van der Waals surface area (Å²) >= 11 is 1.30. The summed E-state index contributed by atoms with van der Waals surface area (Å²) in [6, 6.07) is 7.72. The van der Waals surface area contributed by atoms with Gasteiger partial charge < -0.3 is 14.8 Å². The van der Waals surface area contributed by atoms with Gasteiger partial charge in [0.2, 0.25) is 5.89 Å². The number of carboxylic acids is 1. The number of aromatic carboxylic acids is 1. The van der Waals surface area contributed by atoms with Gasteiger partial charge in [-0.2, -0.15) is 0 Å². The molecule has 0 saturated carbocycles. The summed E-state index contributed by atoms with van der Waals surface area (Å²) in [7, 11) is 0. The highest BCUT2D eigenvalue weighted by Gasteiger charge is 2.17. The minimum atomic E-state index is -0.889. The van der Waals surface area contributed by atoms with Crippen LogP contribution in [0, 0.1) is 6.92 Å². The number of carboxylic acid groups (broad SMARTS) is 1. The summed E-state index contributed by atoms with van der Waals surface area (Å²) in [6.07, 6.45) is 1.67. The zero-order chi connectivity index (χ0) is 14.8. The highest BCUT2D eigenvalue weighted by molar-refractivity contribution is 7.21. The Morgan fingerprint density at radius 2 is 2.19 bits per heavy atom. The molecule has 0 spiro atoms. The lowest BCUT2D eigenvalue weighted by atomic mass is 10.1. The Labute approximate surface area is 125 Å². The molecular formula is C15H14N2O3S. The molecule has 0 fully saturated rings. The summed E-state index contributed by atoms with van der Waals surface area (Å²) < 4.78 is 6.37. The summed E-state index contributed by atoms with van der Waals surface area (Å²) in [5, 5.41) is 13.5. The van der Waals surface area contributed by atoms with Crippen LogP contribution in [0.15, 0.2) is 34.9 Å². The molecule has 0 aliphatic heterocycles. The molecule has 0 atom stereocenters. The number of aryl methyl sites for hydroxylation is 1. The monoisotopic (exact) mass is 302 g/mol. The number of rotatable bonds is 5. The molecule has 0 amide bonds. The summed E-state index contributed by atoms with van der Waals surface area (Å²) in [5.74, 6) is 0.475. The van der Waals surface area contributed by atoms with Gasteiger partial charge >= 0.3 is 5.97 Å². The maximum Gasteiger partial charge on any atom is 0.346 e. The minimum Gasteiger partial charge on any atom is -0.477 e. The highest BCUT2D eigenvalue weighted by Crippen LogP contribution is 2.31. The largest absolute Gasteiger partial charge is 0.477 e. The maximum atomic E-state index is 11.4. The van der Waals surface area contributed by atoms with E-state index in [0.717, 1.165) is 21.4 Å². The Kier molecular flexibility index (Phi) is 3.72. The molecule has 0 bridgehead atoms. The van der Waals surface area contributed by atoms with Gasteiger partial charge in [-0.25, -0.2) is 9.78 Å². The van der Waals surface area contributed by atoms with Gasteiger partial charge in [-0.1, -0.05) is 18.2 Å². The Morgan fingerprint density at radius 1 is 1.38 bits per heavy atom. The van der Waals surface area contributed by atoms with Crippen LogP contribution in [-0.4, -0.2) is 16.1 Å². The molecule has 2 aromatic heterocycles. The third-order valence-electron chi connectivity index (χ3n) is 3.14. The van der Waals surface area contributed by atoms with Gasteiger partial charge in [0.15, 0.2) is 0 Å². The second-order valence-corrected chi connectivity index (χ2v) is 5.73. The second kappa shape index (κ2) is 5.67. The first kappa shape index (κ1) is 13.8. The SMILES string of the molecule is Cc1cnc(CNCc2c(C(=O)O)sc3ccccc23)o1. The molecule has 0 saturated heterocycles. The van der Waals surface area contributed by atoms with Crippen molar-refractivity contribution in [2.45, 2.75) is 20.0 Å². The van der Waals surface area contributed by atoms with Crippen molar-refractivity contribution in [3.63, 3.8) is 0 Å². The average Bonchev–Trinajstić information content (AvgIpc) is 3.03. The fourth-order valence-corrected chi connectivity index (χ4v) is 3.29. The number of oxazole rings is 1. The van der Waals surface area contributed by atoms with Crippen molar-refractivity contribution < 1.29 is 14.3 Å². The predicted molar refractivity (Wildman–Crippen MR) is 80.6 cm³/mol. The van der Waals surface area contributed by atoms with E-state index in [9.17, 15) is 9.90 Å². The van der Waals surface area contributed by atoms with Crippen LogP contribution in [0.5, 0.6) is 0 Å². The molecule has 108 valence electrons. The molecule has 3 aromatic rings. The van der Waals surface area contributed by atoms with E-state index in [-0.39, 0.29) is 0 Å². The normalized spacial score (nSPS) is 11.1. The number of nitrogens with one attached hydrogen (secondary N) is 1. The van der Waals surface area contributed by atoms with Crippen LogP contribution in [0.3, 0.4) is 0 Å². The number of aromatic nitrogens is 1. The number of hydrogen-bond acceptors (Lipinski definition) is 5. The van der Waals surface area contributed by atoms with E-state index in [1.54, 1.807) is 6.20 Å². The molecule has 21 heavy (non-hydrogen) atoms. The van der Waals surface area contributed by atoms with E-state index in [1.165, 1.54) is 11.3 Å². The van der Waals surface area contributed by atoms with E-state index in [1.807, 2.05) is 31.2 Å². The first-order valence-electron chi connectivity index (χ1n) is 6.51. The van der Waals surface area contributed by atoms with E-state index in [2.05, 4.69) is 10.3 Å². The van der Waals surface area contributed by atoms with Gasteiger partial charge in [0.25, 0.3) is 0 Å². The Balaban J connectivity index is 1.82. The minimum absolute atomic E-state index is 0.382. The van der Waals surface area contributed by atoms with Crippen LogP contribution < -0.4 is 5.32 Å². The number of thiophene rings is 1. The van der Waals surface area contributed by atoms with Crippen LogP contribution in [0.4, 0.5) is 0 Å². The van der Waals surface area contributed by atoms with Gasteiger partial charge in [0.05, 0.1) is 12.7 Å². The zero-order valence-electron chi connectivity index (χ0n) is 11.4. The molecule has 0 radical (unpaired) electrons. The average molecular weight is 302 g/mol. The summed E-state index contributed by atoms with van der Waals surface area (Å²) in [4.78, 5) is 15.9. The number of hydrogen-bond donors (Lipinski definition) is 2. The number of benzene rings is 1. The smallest absolute Gasteiger partial charge is 0.346 e. The van der Waals surface area contributed by atoms with Crippen molar-refractivity contribution >= 4 is 27.4 Å². The van der Waals surface area contributed by atoms with Gasteiger partial charge in [0, 0.05) is 11.2 Å². The van der Waals surface area contributed by atoms with E-state index < -0.39 is 5.97 Å². The Morgan fingerprint density at radius 3 is 2.90 bits per heavy atom. The Bertz CT molecular complexity index is 791. The van der Waals surface area contributed by atoms with Crippen molar-refractivity contribution in [3.05, 3.63) is 52.6 Å². The van der Waals surface area contributed by atoms with Crippen LogP contribution in [-0.2, 0) is 13.1 Å². The van der Waals surface area contributed by atoms with E-state index >= 15 is 0 Å². The predicted octanol–water partition coefficient (Wildman–Crippen LogP) is 3.19. The molecule has 0 unspecified atom stereocenters. The second-order valence-electron chi connectivity index (χ2n) is 4.68. The lowest BCUT2D eigenvalue weighted by Crippen LogP contribution is -2.14. The van der Waals surface area contributed by atoms with Crippen molar-refractivity contribution in [1.82, 2.24) is 10.3 Å². The van der Waals surface area contributed by atoms with Gasteiger partial charge in [-0.3, -0.25) is 0 Å². The van der Waals surface area contributed by atoms with Crippen LogP contribution in [0.1, 0.15) is 26.9 Å². The van der Waals surface area contributed by atoms with Crippen LogP contribution >= 0.6 is 11.3 Å². The van der Waals surface area contributed by atoms with Crippen molar-refractivity contribution in [3.8, 4) is 0 Å². The lowest BCUT2D eigenvalue weighted by molar-refractivity contribution is 0.0701. The first-order chi connectivity index (χ1) is 10.1. The summed E-state index contributed by atoms with van der Waals surface area (Å²) in [5.41, 5.74) is 0.811. The molecule has 5 nitrogen and oxygen atoms in total. The lowest BCUT2D eigenvalue weighted by Gasteiger charge is -2.03. The third kappa shape index (κ3) is 2.81. The van der Waals surface area contributed by atoms with Gasteiger partial charge in [0.1, 0.15) is 10.6 Å². The molecule has 2 N–H and O–H groups in total. The zero-order valence-corrected chi connectivity index (χ0v) is 12.2. The molecule has 2 heterocycles. The number of nitrogens with zero attached hydrogens (tertiary/aromatic N) is 1. The van der Waals surface area contributed by atoms with Crippen LogP contribution in [0.2, 0.25) is 0 Å². The highest BCUT2D eigenvalue weighted by atomic mass is 32.1. The molecule has 3 rings (SSSR count). The van der Waals surface area contributed by atoms with Crippen molar-refractivity contribution in [2.24, 2.45) is 0 Å². The molecule has 0 aliphatic rings. The number of fused-ring (bicyclic) bond motifs is 1. The molecular weight excluding hydrogens is 288 g/mol. The third-order valence-corrected chi connectivity index (χ3v) is 4.34.